The maximum absolute atomic E-state index is 13.5. The third-order valence-corrected chi connectivity index (χ3v) is 11.0. The molecule has 0 aliphatic carbocycles. The largest absolute Gasteiger partial charge is 0.515 e. The molecule has 1 aromatic carbocycles. The average molecular weight is 779 g/mol. The number of nitrogens with zero attached hydrogens (tertiary/aromatic N) is 1. The molecular formula is C43H76N3O9+. The van der Waals surface area contributed by atoms with Crippen molar-refractivity contribution in [1.29, 1.82) is 0 Å². The summed E-state index contributed by atoms with van der Waals surface area (Å²) in [7, 11) is 0. The van der Waals surface area contributed by atoms with Crippen LogP contribution < -0.4 is 10.6 Å². The highest BCUT2D eigenvalue weighted by atomic mass is 16.6. The predicted octanol–water partition coefficient (Wildman–Crippen LogP) is 7.95. The van der Waals surface area contributed by atoms with Gasteiger partial charge in [0.2, 0.25) is 12.1 Å². The van der Waals surface area contributed by atoms with E-state index >= 15 is 0 Å². The molecule has 1 fully saturated rings. The van der Waals surface area contributed by atoms with E-state index in [1.54, 1.807) is 12.1 Å². The van der Waals surface area contributed by atoms with E-state index in [0.29, 0.717) is 12.8 Å². The third-order valence-electron chi connectivity index (χ3n) is 11.0. The van der Waals surface area contributed by atoms with Gasteiger partial charge in [0.05, 0.1) is 19.7 Å². The highest BCUT2D eigenvalue weighted by molar-refractivity contribution is 5.82. The number of carboxylic acid groups (broad SMARTS) is 1. The van der Waals surface area contributed by atoms with Crippen LogP contribution in [0.3, 0.4) is 0 Å². The number of alkyl carbamates (subject to hydrolysis) is 1. The van der Waals surface area contributed by atoms with Gasteiger partial charge in [0.1, 0.15) is 37.5 Å². The molecule has 6 N–H and O–H groups in total. The summed E-state index contributed by atoms with van der Waals surface area (Å²) < 4.78 is 10.8. The fraction of sp³-hybridized carbons (Fsp3) is 0.791. The minimum Gasteiger partial charge on any atom is -0.445 e. The third kappa shape index (κ3) is 18.8. The summed E-state index contributed by atoms with van der Waals surface area (Å²) in [6, 6.07) is 7.75. The zero-order valence-corrected chi connectivity index (χ0v) is 34.1. The van der Waals surface area contributed by atoms with Crippen LogP contribution in [0.15, 0.2) is 30.3 Å². The summed E-state index contributed by atoms with van der Waals surface area (Å²) in [5, 5.41) is 48.3. The number of hydrogen-bond acceptors (Lipinski definition) is 8. The van der Waals surface area contributed by atoms with E-state index in [2.05, 4.69) is 24.5 Å². The Bertz CT molecular complexity index is 1160. The van der Waals surface area contributed by atoms with Crippen LogP contribution in [-0.4, -0.2) is 99.8 Å². The first kappa shape index (κ1) is 48.4. The first-order valence-electron chi connectivity index (χ1n) is 21.7. The van der Waals surface area contributed by atoms with E-state index in [1.807, 2.05) is 18.2 Å². The molecule has 12 nitrogen and oxygen atoms in total. The molecule has 0 bridgehead atoms. The lowest BCUT2D eigenvalue weighted by Gasteiger charge is -2.49. The van der Waals surface area contributed by atoms with Gasteiger partial charge in [0.25, 0.3) is 0 Å². The number of aliphatic hydroxyl groups excluding tert-OH is 3. The minimum atomic E-state index is -1.63. The zero-order chi connectivity index (χ0) is 40.2. The molecule has 0 radical (unpaired) electrons. The van der Waals surface area contributed by atoms with Gasteiger partial charge in [-0.3, -0.25) is 4.79 Å². The summed E-state index contributed by atoms with van der Waals surface area (Å²) >= 11 is 0. The Labute approximate surface area is 331 Å². The Kier molecular flexibility index (Phi) is 25.9. The van der Waals surface area contributed by atoms with E-state index < -0.39 is 66.3 Å². The van der Waals surface area contributed by atoms with Crippen molar-refractivity contribution in [2.75, 3.05) is 26.2 Å². The van der Waals surface area contributed by atoms with Gasteiger partial charge in [-0.25, -0.2) is 4.79 Å². The van der Waals surface area contributed by atoms with Gasteiger partial charge < -0.3 is 40.5 Å². The van der Waals surface area contributed by atoms with Gasteiger partial charge in [-0.05, 0) is 31.2 Å². The van der Waals surface area contributed by atoms with E-state index in [0.717, 1.165) is 56.9 Å². The summed E-state index contributed by atoms with van der Waals surface area (Å²) in [5.41, 5.74) is 0.776. The Balaban J connectivity index is 2.11. The summed E-state index contributed by atoms with van der Waals surface area (Å²) in [6.45, 7) is 3.70. The Morgan fingerprint density at radius 2 is 1.15 bits per heavy atom. The highest BCUT2D eigenvalue weighted by Gasteiger charge is 2.57. The lowest BCUT2D eigenvalue weighted by atomic mass is 9.93. The van der Waals surface area contributed by atoms with Crippen molar-refractivity contribution in [3.63, 3.8) is 0 Å². The van der Waals surface area contributed by atoms with Crippen molar-refractivity contribution in [2.24, 2.45) is 0 Å². The molecule has 12 heteroatoms. The number of ether oxygens (including phenoxy) is 2. The smallest absolute Gasteiger partial charge is 0.445 e. The number of carbonyl (C=O) groups excluding carboxylic acids is 2. The maximum atomic E-state index is 13.5. The topological polar surface area (TPSA) is 175 Å². The van der Waals surface area contributed by atoms with Crippen molar-refractivity contribution in [3.8, 4) is 0 Å². The van der Waals surface area contributed by atoms with Crippen LogP contribution in [0.25, 0.3) is 0 Å². The lowest BCUT2D eigenvalue weighted by Crippen LogP contribution is -2.75. The highest BCUT2D eigenvalue weighted by Crippen LogP contribution is 2.31. The molecule has 6 atom stereocenters. The molecule has 1 saturated heterocycles. The van der Waals surface area contributed by atoms with Crippen molar-refractivity contribution in [2.45, 2.75) is 192 Å². The number of amides is 3. The standard InChI is InChI=1S/C43H75N3O9/c1-3-5-7-9-11-13-15-16-18-20-22-27-31-46(43(52)53,30-26-21-19-17-14-12-10-8-6-4-2)41-38(40(50)39(49)36(33-47)55-41)45-37(48)32-44-42(51)54-34-35-28-24-23-25-29-35/h23-25,28-29,36,38-41,47,49-50H,3-22,26-27,30-34H2,1-2H3,(H2-,44,45,48,51,52,53)/p+1/t36-,38-,39+,40-,41-,46?/m1/s1. The van der Waals surface area contributed by atoms with Gasteiger partial charge in [0.15, 0.2) is 0 Å². The van der Waals surface area contributed by atoms with Gasteiger partial charge in [-0.2, -0.15) is 9.28 Å². The number of nitrogens with one attached hydrogen (secondary N) is 2. The number of aliphatic hydroxyl groups is 3. The van der Waals surface area contributed by atoms with Crippen LogP contribution in [0.5, 0.6) is 0 Å². The number of unbranched alkanes of at least 4 members (excludes halogenated alkanes) is 20. The lowest BCUT2D eigenvalue weighted by molar-refractivity contribution is -0.911. The van der Waals surface area contributed by atoms with Crippen LogP contribution in [0.1, 0.15) is 161 Å². The monoisotopic (exact) mass is 779 g/mol. The quantitative estimate of drug-likeness (QED) is 0.0323. The van der Waals surface area contributed by atoms with Crippen molar-refractivity contribution < 1.29 is 48.8 Å². The first-order valence-corrected chi connectivity index (χ1v) is 21.7. The second kappa shape index (κ2) is 29.5. The molecule has 1 heterocycles. The number of rotatable bonds is 31. The molecule has 1 unspecified atom stereocenters. The normalized spacial score (nSPS) is 20.8. The second-order valence-electron chi connectivity index (χ2n) is 15.6. The van der Waals surface area contributed by atoms with Gasteiger partial charge in [0, 0.05) is 0 Å². The van der Waals surface area contributed by atoms with Crippen molar-refractivity contribution >= 4 is 18.1 Å². The van der Waals surface area contributed by atoms with Crippen LogP contribution in [0.4, 0.5) is 9.59 Å². The van der Waals surface area contributed by atoms with Crippen molar-refractivity contribution in [3.05, 3.63) is 35.9 Å². The van der Waals surface area contributed by atoms with E-state index in [-0.39, 0.29) is 19.7 Å². The first-order chi connectivity index (χ1) is 26.7. The molecule has 3 amide bonds. The fourth-order valence-corrected chi connectivity index (χ4v) is 7.62. The van der Waals surface area contributed by atoms with E-state index in [4.69, 9.17) is 9.47 Å². The van der Waals surface area contributed by atoms with Gasteiger partial charge >= 0.3 is 12.2 Å². The molecule has 0 spiro atoms. The number of hydrogen-bond donors (Lipinski definition) is 6. The van der Waals surface area contributed by atoms with E-state index in [9.17, 15) is 34.8 Å². The van der Waals surface area contributed by atoms with E-state index in [1.165, 1.54) is 77.0 Å². The molecule has 1 aliphatic rings. The molecule has 0 aromatic heterocycles. The fourth-order valence-electron chi connectivity index (χ4n) is 7.62. The summed E-state index contributed by atoms with van der Waals surface area (Å²) in [5.74, 6) is -0.711. The van der Waals surface area contributed by atoms with Crippen molar-refractivity contribution in [1.82, 2.24) is 10.6 Å². The molecule has 1 aliphatic heterocycles. The number of carbonyl (C=O) groups is 3. The SMILES string of the molecule is CCCCCCCCCCCCCC[N+](CCCCCCCCCCCC)(C(=O)O)[C@@H]1O[C@H](CO)[C@H](O)[C@H](O)[C@H]1NC(=O)CNC(=O)OCc1ccccc1. The minimum absolute atomic E-state index is 0.0109. The molecule has 55 heavy (non-hydrogen) atoms. The molecule has 0 saturated carbocycles. The molecule has 2 rings (SSSR count). The second-order valence-corrected chi connectivity index (χ2v) is 15.6. The summed E-state index contributed by atoms with van der Waals surface area (Å²) in [4.78, 5) is 39.0. The summed E-state index contributed by atoms with van der Waals surface area (Å²) in [6.07, 6.45) is 16.6. The number of quaternary nitrogens is 1. The van der Waals surface area contributed by atoms with Crippen LogP contribution in [0.2, 0.25) is 0 Å². The average Bonchev–Trinajstić information content (AvgIpc) is 3.18. The van der Waals surface area contributed by atoms with Crippen LogP contribution in [-0.2, 0) is 20.9 Å². The molecule has 1 aromatic rings. The zero-order valence-electron chi connectivity index (χ0n) is 34.1. The van der Waals surface area contributed by atoms with Crippen LogP contribution >= 0.6 is 0 Å². The Morgan fingerprint density at radius 3 is 1.58 bits per heavy atom. The Hall–Kier alpha value is -2.77. The maximum Gasteiger partial charge on any atom is 0.515 e. The molecular weight excluding hydrogens is 702 g/mol. The molecule has 316 valence electrons. The van der Waals surface area contributed by atoms with Gasteiger partial charge in [-0.15, -0.1) is 0 Å². The van der Waals surface area contributed by atoms with Crippen LogP contribution in [0, 0.1) is 0 Å². The predicted molar refractivity (Wildman–Crippen MR) is 215 cm³/mol. The number of benzene rings is 1. The Morgan fingerprint density at radius 1 is 0.691 bits per heavy atom. The van der Waals surface area contributed by atoms with Gasteiger partial charge in [-0.1, -0.05) is 160 Å².